The van der Waals surface area contributed by atoms with E-state index in [1.807, 2.05) is 11.0 Å². The van der Waals surface area contributed by atoms with Crippen LogP contribution in [0.3, 0.4) is 0 Å². The molecule has 0 aliphatic carbocycles. The summed E-state index contributed by atoms with van der Waals surface area (Å²) < 4.78 is 0. The molecule has 3 aliphatic rings. The summed E-state index contributed by atoms with van der Waals surface area (Å²) in [4.78, 5) is 18.0. The van der Waals surface area contributed by atoms with Crippen molar-refractivity contribution in [3.05, 3.63) is 11.8 Å². The van der Waals surface area contributed by atoms with Gasteiger partial charge in [-0.15, -0.1) is 0 Å². The van der Waals surface area contributed by atoms with Crippen molar-refractivity contribution in [2.24, 2.45) is 10.7 Å². The molecular weight excluding hydrogens is 218 g/mol. The second kappa shape index (κ2) is 4.12. The third-order valence-electron chi connectivity index (χ3n) is 3.58. The molecule has 2 amide bonds. The van der Waals surface area contributed by atoms with E-state index in [-0.39, 0.29) is 24.3 Å². The standard InChI is InChI=1S/C11H17N5O/c12-10-9-8(3-5-14-10)16(11(17)15-9)7-2-1-4-13-6-7/h3,5,7,9-10,13H,1-2,4,6,12H2,(H,15,17)/t7-,9?,10?/m1/s1. The lowest BCUT2D eigenvalue weighted by molar-refractivity contribution is 0.197. The van der Waals surface area contributed by atoms with Crippen LogP contribution in [0.4, 0.5) is 4.79 Å². The second-order valence-electron chi connectivity index (χ2n) is 4.68. The summed E-state index contributed by atoms with van der Waals surface area (Å²) in [5, 5.41) is 6.23. The Hall–Kier alpha value is -1.40. The summed E-state index contributed by atoms with van der Waals surface area (Å²) in [6, 6.07) is 0.0315. The topological polar surface area (TPSA) is 82.7 Å². The highest BCUT2D eigenvalue weighted by atomic mass is 16.2. The highest BCUT2D eigenvalue weighted by molar-refractivity contribution is 5.85. The molecule has 92 valence electrons. The highest BCUT2D eigenvalue weighted by Gasteiger charge is 2.42. The number of nitrogens with zero attached hydrogens (tertiary/aromatic N) is 2. The van der Waals surface area contributed by atoms with Gasteiger partial charge in [0, 0.05) is 12.8 Å². The Morgan fingerprint density at radius 3 is 3.18 bits per heavy atom. The number of hydrogen-bond acceptors (Lipinski definition) is 4. The van der Waals surface area contributed by atoms with Crippen molar-refractivity contribution >= 4 is 12.2 Å². The normalized spacial score (nSPS) is 36.5. The molecule has 3 aliphatic heterocycles. The molecule has 2 unspecified atom stereocenters. The summed E-state index contributed by atoms with van der Waals surface area (Å²) in [5.74, 6) is 0. The molecule has 17 heavy (non-hydrogen) atoms. The lowest BCUT2D eigenvalue weighted by Gasteiger charge is -2.32. The van der Waals surface area contributed by atoms with E-state index in [1.54, 1.807) is 6.21 Å². The SMILES string of the molecule is NC1N=CC=C2C1NC(=O)N2[C@@H]1CCCNC1. The minimum atomic E-state index is -0.361. The zero-order valence-electron chi connectivity index (χ0n) is 9.60. The Bertz CT molecular complexity index is 385. The van der Waals surface area contributed by atoms with Crippen LogP contribution >= 0.6 is 0 Å². The van der Waals surface area contributed by atoms with Crippen LogP contribution in [0.25, 0.3) is 0 Å². The number of allylic oxidation sites excluding steroid dienone is 1. The number of carbonyl (C=O) groups excluding carboxylic acids is 1. The molecule has 6 heteroatoms. The van der Waals surface area contributed by atoms with Crippen LogP contribution in [0.2, 0.25) is 0 Å². The summed E-state index contributed by atoms with van der Waals surface area (Å²) in [6.07, 6.45) is 5.37. The van der Waals surface area contributed by atoms with Gasteiger partial charge < -0.3 is 16.4 Å². The first kappa shape index (κ1) is 10.7. The third kappa shape index (κ3) is 1.73. The van der Waals surface area contributed by atoms with Gasteiger partial charge in [-0.25, -0.2) is 4.79 Å². The summed E-state index contributed by atoms with van der Waals surface area (Å²) in [7, 11) is 0. The molecular formula is C11H17N5O. The van der Waals surface area contributed by atoms with Crippen molar-refractivity contribution in [3.63, 3.8) is 0 Å². The Kier molecular flexibility index (Phi) is 2.60. The van der Waals surface area contributed by atoms with E-state index in [0.717, 1.165) is 31.6 Å². The van der Waals surface area contributed by atoms with Crippen molar-refractivity contribution in [2.45, 2.75) is 31.1 Å². The van der Waals surface area contributed by atoms with E-state index in [9.17, 15) is 4.79 Å². The minimum absolute atomic E-state index is 0.0455. The number of aliphatic imine (C=N–C) groups is 1. The van der Waals surface area contributed by atoms with Gasteiger partial charge in [0.15, 0.2) is 0 Å². The first-order valence-electron chi connectivity index (χ1n) is 6.07. The van der Waals surface area contributed by atoms with Gasteiger partial charge in [0.25, 0.3) is 0 Å². The van der Waals surface area contributed by atoms with E-state index in [2.05, 4.69) is 15.6 Å². The van der Waals surface area contributed by atoms with Crippen LogP contribution in [-0.2, 0) is 0 Å². The molecule has 2 saturated heterocycles. The Morgan fingerprint density at radius 2 is 2.41 bits per heavy atom. The largest absolute Gasteiger partial charge is 0.326 e. The second-order valence-corrected chi connectivity index (χ2v) is 4.68. The van der Waals surface area contributed by atoms with Gasteiger partial charge in [0.05, 0.1) is 11.7 Å². The lowest BCUT2D eigenvalue weighted by Crippen LogP contribution is -2.46. The number of carbonyl (C=O) groups is 1. The maximum Gasteiger partial charge on any atom is 0.322 e. The van der Waals surface area contributed by atoms with E-state index in [1.165, 1.54) is 0 Å². The van der Waals surface area contributed by atoms with Gasteiger partial charge in [-0.1, -0.05) is 0 Å². The maximum atomic E-state index is 12.0. The van der Waals surface area contributed by atoms with E-state index in [0.29, 0.717) is 0 Å². The van der Waals surface area contributed by atoms with Crippen LogP contribution < -0.4 is 16.4 Å². The lowest BCUT2D eigenvalue weighted by atomic mass is 10.0. The van der Waals surface area contributed by atoms with Gasteiger partial charge in [-0.3, -0.25) is 9.89 Å². The third-order valence-corrected chi connectivity index (χ3v) is 3.58. The van der Waals surface area contributed by atoms with E-state index >= 15 is 0 Å². The Morgan fingerprint density at radius 1 is 1.53 bits per heavy atom. The molecule has 0 spiro atoms. The number of dihydropyridines is 1. The van der Waals surface area contributed by atoms with Gasteiger partial charge in [0.1, 0.15) is 12.2 Å². The van der Waals surface area contributed by atoms with Gasteiger partial charge >= 0.3 is 6.03 Å². The first-order valence-corrected chi connectivity index (χ1v) is 6.07. The quantitative estimate of drug-likeness (QED) is 0.567. The molecule has 0 bridgehead atoms. The fourth-order valence-electron chi connectivity index (χ4n) is 2.72. The van der Waals surface area contributed by atoms with Crippen LogP contribution in [0.1, 0.15) is 12.8 Å². The van der Waals surface area contributed by atoms with Crippen molar-refractivity contribution in [1.82, 2.24) is 15.5 Å². The smallest absolute Gasteiger partial charge is 0.322 e. The van der Waals surface area contributed by atoms with Gasteiger partial charge in [0.2, 0.25) is 0 Å². The number of fused-ring (bicyclic) bond motifs is 1. The molecule has 0 aromatic rings. The van der Waals surface area contributed by atoms with Gasteiger partial charge in [-0.2, -0.15) is 0 Å². The molecule has 4 N–H and O–H groups in total. The van der Waals surface area contributed by atoms with E-state index < -0.39 is 0 Å². The molecule has 0 aromatic carbocycles. The number of piperidine rings is 1. The molecule has 0 aromatic heterocycles. The first-order chi connectivity index (χ1) is 8.27. The summed E-state index contributed by atoms with van der Waals surface area (Å²) >= 11 is 0. The van der Waals surface area contributed by atoms with Crippen molar-refractivity contribution < 1.29 is 4.79 Å². The summed E-state index contributed by atoms with van der Waals surface area (Å²) in [5.41, 5.74) is 6.84. The summed E-state index contributed by atoms with van der Waals surface area (Å²) in [6.45, 7) is 1.89. The molecule has 3 rings (SSSR count). The van der Waals surface area contributed by atoms with Crippen LogP contribution in [0.5, 0.6) is 0 Å². The monoisotopic (exact) mass is 235 g/mol. The zero-order valence-corrected chi connectivity index (χ0v) is 9.60. The molecule has 0 saturated carbocycles. The zero-order chi connectivity index (χ0) is 11.8. The number of urea groups is 1. The van der Waals surface area contributed by atoms with E-state index in [4.69, 9.17) is 5.73 Å². The number of hydrogen-bond donors (Lipinski definition) is 3. The van der Waals surface area contributed by atoms with Gasteiger partial charge in [-0.05, 0) is 25.5 Å². The molecule has 6 nitrogen and oxygen atoms in total. The van der Waals surface area contributed by atoms with Crippen LogP contribution in [-0.4, -0.2) is 48.5 Å². The fraction of sp³-hybridized carbons (Fsp3) is 0.636. The fourth-order valence-corrected chi connectivity index (χ4v) is 2.72. The minimum Gasteiger partial charge on any atom is -0.326 e. The van der Waals surface area contributed by atoms with Crippen molar-refractivity contribution in [1.29, 1.82) is 0 Å². The van der Waals surface area contributed by atoms with Crippen LogP contribution in [0.15, 0.2) is 16.8 Å². The molecule has 3 heterocycles. The number of rotatable bonds is 1. The molecule has 0 radical (unpaired) electrons. The maximum absolute atomic E-state index is 12.0. The predicted octanol–water partition coefficient (Wildman–Crippen LogP) is -0.615. The highest BCUT2D eigenvalue weighted by Crippen LogP contribution is 2.26. The molecule has 3 atom stereocenters. The Labute approximate surface area is 99.9 Å². The average molecular weight is 235 g/mol. The Balaban J connectivity index is 1.85. The number of amides is 2. The average Bonchev–Trinajstić information content (AvgIpc) is 2.68. The molecule has 2 fully saturated rings. The van der Waals surface area contributed by atoms with Crippen molar-refractivity contribution in [2.75, 3.05) is 13.1 Å². The van der Waals surface area contributed by atoms with Crippen LogP contribution in [0, 0.1) is 0 Å². The predicted molar refractivity (Wildman–Crippen MR) is 64.6 cm³/mol. The van der Waals surface area contributed by atoms with Crippen molar-refractivity contribution in [3.8, 4) is 0 Å². The number of nitrogens with one attached hydrogen (secondary N) is 2. The number of nitrogens with two attached hydrogens (primary N) is 1.